The molecule has 1 saturated heterocycles. The molecule has 1 aromatic rings. The van der Waals surface area contributed by atoms with Crippen LogP contribution in [0.2, 0.25) is 0 Å². The van der Waals surface area contributed by atoms with Gasteiger partial charge in [-0.25, -0.2) is 0 Å². The summed E-state index contributed by atoms with van der Waals surface area (Å²) in [5.74, 6) is 0. The Morgan fingerprint density at radius 2 is 2.05 bits per heavy atom. The molecule has 106 valence electrons. The van der Waals surface area contributed by atoms with Crippen LogP contribution in [0.3, 0.4) is 0 Å². The molecule has 1 atom stereocenters. The van der Waals surface area contributed by atoms with Crippen molar-refractivity contribution in [2.75, 3.05) is 19.7 Å². The van der Waals surface area contributed by atoms with E-state index in [1.54, 1.807) is 0 Å². The van der Waals surface area contributed by atoms with Gasteiger partial charge in [-0.3, -0.25) is 4.90 Å². The molecular weight excluding hydrogens is 314 g/mol. The average Bonchev–Trinajstić information content (AvgIpc) is 2.51. The molecular formula is C17H20BrNO. The van der Waals surface area contributed by atoms with Crippen molar-refractivity contribution >= 4 is 15.9 Å². The Morgan fingerprint density at radius 3 is 2.80 bits per heavy atom. The van der Waals surface area contributed by atoms with Crippen LogP contribution in [0.5, 0.6) is 0 Å². The number of hydrogen-bond acceptors (Lipinski definition) is 2. The average molecular weight is 334 g/mol. The topological polar surface area (TPSA) is 12.5 Å². The van der Waals surface area contributed by atoms with Crippen LogP contribution in [-0.2, 0) is 11.3 Å². The molecule has 1 aliphatic heterocycles. The maximum absolute atomic E-state index is 5.94. The molecule has 1 fully saturated rings. The van der Waals surface area contributed by atoms with Crippen molar-refractivity contribution < 1.29 is 4.74 Å². The fraction of sp³-hybridized carbons (Fsp3) is 0.412. The molecule has 0 aromatic heterocycles. The zero-order chi connectivity index (χ0) is 13.8. The van der Waals surface area contributed by atoms with E-state index in [-0.39, 0.29) is 6.10 Å². The van der Waals surface area contributed by atoms with E-state index in [1.807, 2.05) is 0 Å². The number of halogens is 1. The van der Waals surface area contributed by atoms with Crippen LogP contribution >= 0.6 is 15.9 Å². The highest BCUT2D eigenvalue weighted by molar-refractivity contribution is 9.10. The molecule has 0 amide bonds. The fourth-order valence-electron chi connectivity index (χ4n) is 2.77. The normalized spacial score (nSPS) is 23.6. The minimum Gasteiger partial charge on any atom is -0.371 e. The van der Waals surface area contributed by atoms with E-state index >= 15 is 0 Å². The fourth-order valence-corrected chi connectivity index (χ4v) is 3.03. The zero-order valence-electron chi connectivity index (χ0n) is 11.6. The molecule has 2 nitrogen and oxygen atoms in total. The lowest BCUT2D eigenvalue weighted by Crippen LogP contribution is -2.42. The van der Waals surface area contributed by atoms with E-state index in [0.29, 0.717) is 0 Å². The molecule has 3 rings (SSSR count). The van der Waals surface area contributed by atoms with Crippen molar-refractivity contribution in [1.82, 2.24) is 4.90 Å². The van der Waals surface area contributed by atoms with Gasteiger partial charge < -0.3 is 4.74 Å². The summed E-state index contributed by atoms with van der Waals surface area (Å²) < 4.78 is 7.07. The summed E-state index contributed by atoms with van der Waals surface area (Å²) in [6.07, 6.45) is 9.38. The van der Waals surface area contributed by atoms with Gasteiger partial charge >= 0.3 is 0 Å². The van der Waals surface area contributed by atoms with E-state index in [0.717, 1.165) is 37.1 Å². The van der Waals surface area contributed by atoms with Crippen LogP contribution in [0.4, 0.5) is 0 Å². The minimum absolute atomic E-state index is 0.246. The third kappa shape index (κ3) is 3.60. The summed E-state index contributed by atoms with van der Waals surface area (Å²) >= 11 is 3.48. The lowest BCUT2D eigenvalue weighted by molar-refractivity contribution is -0.0108. The first kappa shape index (κ1) is 14.1. The zero-order valence-corrected chi connectivity index (χ0v) is 13.2. The number of nitrogens with zero attached hydrogens (tertiary/aromatic N) is 1. The standard InChI is InChI=1S/C17H20BrNO/c18-16-8-6-14(7-9-16)12-19-10-11-20-17(13-19)15-4-2-1-3-5-15/h2,4-9,17H,1,3,10-13H2. The predicted molar refractivity (Wildman–Crippen MR) is 85.6 cm³/mol. The highest BCUT2D eigenvalue weighted by Gasteiger charge is 2.23. The van der Waals surface area contributed by atoms with Crippen molar-refractivity contribution in [3.63, 3.8) is 0 Å². The Labute approximate surface area is 129 Å². The molecule has 0 N–H and O–H groups in total. The predicted octanol–water partition coefficient (Wildman–Crippen LogP) is 3.93. The molecule has 0 saturated carbocycles. The number of benzene rings is 1. The van der Waals surface area contributed by atoms with E-state index in [2.05, 4.69) is 63.3 Å². The molecule has 20 heavy (non-hydrogen) atoms. The van der Waals surface area contributed by atoms with Gasteiger partial charge in [-0.2, -0.15) is 0 Å². The minimum atomic E-state index is 0.246. The van der Waals surface area contributed by atoms with Crippen LogP contribution in [-0.4, -0.2) is 30.7 Å². The van der Waals surface area contributed by atoms with Crippen molar-refractivity contribution in [1.29, 1.82) is 0 Å². The second kappa shape index (κ2) is 6.70. The third-order valence-corrected chi connectivity index (χ3v) is 4.39. The smallest absolute Gasteiger partial charge is 0.0949 e. The SMILES string of the molecule is Brc1ccc(CN2CCOC(C3=CCCC=C3)C2)cc1. The summed E-state index contributed by atoms with van der Waals surface area (Å²) in [5.41, 5.74) is 2.72. The summed E-state index contributed by atoms with van der Waals surface area (Å²) in [6.45, 7) is 3.84. The molecule has 1 heterocycles. The quantitative estimate of drug-likeness (QED) is 0.831. The second-order valence-corrected chi connectivity index (χ2v) is 6.32. The molecule has 1 aliphatic carbocycles. The number of hydrogen-bond donors (Lipinski definition) is 0. The Hall–Kier alpha value is -0.900. The van der Waals surface area contributed by atoms with Crippen molar-refractivity contribution in [3.8, 4) is 0 Å². The number of allylic oxidation sites excluding steroid dienone is 2. The van der Waals surface area contributed by atoms with Crippen LogP contribution in [0.25, 0.3) is 0 Å². The molecule has 1 unspecified atom stereocenters. The Balaban J connectivity index is 1.61. The molecule has 3 heteroatoms. The highest BCUT2D eigenvalue weighted by Crippen LogP contribution is 2.21. The molecule has 0 bridgehead atoms. The van der Waals surface area contributed by atoms with Crippen LogP contribution in [0, 0.1) is 0 Å². The monoisotopic (exact) mass is 333 g/mol. The Kier molecular flexibility index (Phi) is 4.71. The van der Waals surface area contributed by atoms with Crippen molar-refractivity contribution in [3.05, 3.63) is 58.1 Å². The van der Waals surface area contributed by atoms with Gasteiger partial charge in [0.25, 0.3) is 0 Å². The third-order valence-electron chi connectivity index (χ3n) is 3.87. The number of morpholine rings is 1. The van der Waals surface area contributed by atoms with Gasteiger partial charge in [-0.1, -0.05) is 46.3 Å². The van der Waals surface area contributed by atoms with Gasteiger partial charge in [-0.05, 0) is 36.1 Å². The molecule has 0 radical (unpaired) electrons. The van der Waals surface area contributed by atoms with Crippen molar-refractivity contribution in [2.45, 2.75) is 25.5 Å². The molecule has 2 aliphatic rings. The Bertz CT molecular complexity index is 506. The summed E-state index contributed by atoms with van der Waals surface area (Å²) in [4.78, 5) is 2.49. The van der Waals surface area contributed by atoms with Crippen molar-refractivity contribution in [2.24, 2.45) is 0 Å². The second-order valence-electron chi connectivity index (χ2n) is 5.40. The lowest BCUT2D eigenvalue weighted by atomic mass is 10.0. The van der Waals surface area contributed by atoms with E-state index in [1.165, 1.54) is 17.6 Å². The van der Waals surface area contributed by atoms with Gasteiger partial charge in [0.1, 0.15) is 0 Å². The van der Waals surface area contributed by atoms with E-state index in [4.69, 9.17) is 4.74 Å². The summed E-state index contributed by atoms with van der Waals surface area (Å²) in [6, 6.07) is 8.60. The van der Waals surface area contributed by atoms with Gasteiger partial charge in [-0.15, -0.1) is 0 Å². The summed E-state index contributed by atoms with van der Waals surface area (Å²) in [5, 5.41) is 0. The van der Waals surface area contributed by atoms with Gasteiger partial charge in [0.2, 0.25) is 0 Å². The maximum Gasteiger partial charge on any atom is 0.0949 e. The number of ether oxygens (including phenoxy) is 1. The Morgan fingerprint density at radius 1 is 1.20 bits per heavy atom. The van der Waals surface area contributed by atoms with Crippen LogP contribution in [0.1, 0.15) is 18.4 Å². The van der Waals surface area contributed by atoms with Gasteiger partial charge in [0.15, 0.2) is 0 Å². The van der Waals surface area contributed by atoms with Crippen LogP contribution in [0.15, 0.2) is 52.5 Å². The first-order valence-electron chi connectivity index (χ1n) is 7.26. The first-order valence-corrected chi connectivity index (χ1v) is 8.05. The maximum atomic E-state index is 5.94. The van der Waals surface area contributed by atoms with E-state index < -0.39 is 0 Å². The molecule has 1 aromatic carbocycles. The number of rotatable bonds is 3. The van der Waals surface area contributed by atoms with Gasteiger partial charge in [0, 0.05) is 24.1 Å². The lowest BCUT2D eigenvalue weighted by Gasteiger charge is -2.34. The largest absolute Gasteiger partial charge is 0.371 e. The van der Waals surface area contributed by atoms with Gasteiger partial charge in [0.05, 0.1) is 12.7 Å². The summed E-state index contributed by atoms with van der Waals surface area (Å²) in [7, 11) is 0. The molecule has 0 spiro atoms. The highest BCUT2D eigenvalue weighted by atomic mass is 79.9. The first-order chi connectivity index (χ1) is 9.81. The van der Waals surface area contributed by atoms with Crippen LogP contribution < -0.4 is 0 Å². The van der Waals surface area contributed by atoms with E-state index in [9.17, 15) is 0 Å².